The van der Waals surface area contributed by atoms with Crippen LogP contribution >= 0.6 is 0 Å². The summed E-state index contributed by atoms with van der Waals surface area (Å²) in [6.07, 6.45) is 4.40. The van der Waals surface area contributed by atoms with Crippen molar-refractivity contribution < 1.29 is 23.2 Å². The Morgan fingerprint density at radius 1 is 1.16 bits per heavy atom. The van der Waals surface area contributed by atoms with Crippen molar-refractivity contribution in [3.05, 3.63) is 70.3 Å². The number of terminal acetylenes is 1. The lowest BCUT2D eigenvalue weighted by Crippen LogP contribution is -2.38. The summed E-state index contributed by atoms with van der Waals surface area (Å²) in [7, 11) is -3.99. The van der Waals surface area contributed by atoms with Gasteiger partial charge in [0.1, 0.15) is 0 Å². The molecule has 0 saturated carbocycles. The lowest BCUT2D eigenvalue weighted by atomic mass is 9.92. The largest absolute Gasteiger partial charge is 0.392 e. The molecule has 10 heteroatoms. The fourth-order valence-corrected chi connectivity index (χ4v) is 3.99. The van der Waals surface area contributed by atoms with Crippen molar-refractivity contribution in [2.45, 2.75) is 23.8 Å². The highest BCUT2D eigenvalue weighted by Crippen LogP contribution is 2.17. The first-order valence-electron chi connectivity index (χ1n) is 9.40. The van der Waals surface area contributed by atoms with E-state index in [1.807, 2.05) is 30.3 Å². The molecule has 2 aromatic carbocycles. The van der Waals surface area contributed by atoms with Gasteiger partial charge in [-0.2, -0.15) is 0 Å². The van der Waals surface area contributed by atoms with Gasteiger partial charge in [-0.15, -0.1) is 6.42 Å². The lowest BCUT2D eigenvalue weighted by Gasteiger charge is -2.20. The number of carbonyl (C=O) groups excluding carboxylic acids is 1. The lowest BCUT2D eigenvalue weighted by molar-refractivity contribution is -0.384. The number of aliphatic hydroxyl groups is 1. The summed E-state index contributed by atoms with van der Waals surface area (Å²) in [5, 5.41) is 23.6. The minimum atomic E-state index is -3.99. The summed E-state index contributed by atoms with van der Waals surface area (Å²) in [5.41, 5.74) is 0.655. The Bertz CT molecular complexity index is 1030. The zero-order valence-corrected chi connectivity index (χ0v) is 17.4. The molecule has 164 valence electrons. The third-order valence-electron chi connectivity index (χ3n) is 4.48. The van der Waals surface area contributed by atoms with Gasteiger partial charge < -0.3 is 10.4 Å². The van der Waals surface area contributed by atoms with Crippen LogP contribution in [0.1, 0.15) is 12.0 Å². The molecule has 0 saturated heterocycles. The summed E-state index contributed by atoms with van der Waals surface area (Å²) in [5.74, 6) is 1.37. The predicted octanol–water partition coefficient (Wildman–Crippen LogP) is 1.23. The second kappa shape index (κ2) is 11.2. The Morgan fingerprint density at radius 2 is 1.81 bits per heavy atom. The SMILES string of the molecule is C#CCNC(=O)[C@@H](Cc1ccccc1)C[C@H](O)CNS(=O)(=O)c1ccc([N+](=O)[O-])cc1. The molecule has 0 bridgehead atoms. The van der Waals surface area contributed by atoms with Crippen LogP contribution in [-0.2, 0) is 21.2 Å². The molecule has 0 aliphatic carbocycles. The average Bonchev–Trinajstić information content (AvgIpc) is 2.76. The first-order chi connectivity index (χ1) is 14.7. The molecule has 0 aliphatic rings. The van der Waals surface area contributed by atoms with Gasteiger partial charge in [0.05, 0.1) is 22.5 Å². The molecule has 31 heavy (non-hydrogen) atoms. The van der Waals surface area contributed by atoms with Crippen molar-refractivity contribution in [2.24, 2.45) is 5.92 Å². The Morgan fingerprint density at radius 3 is 2.39 bits per heavy atom. The van der Waals surface area contributed by atoms with Gasteiger partial charge in [-0.05, 0) is 30.5 Å². The Balaban J connectivity index is 2.01. The number of amides is 1. The molecule has 2 aromatic rings. The maximum atomic E-state index is 12.4. The molecule has 2 atom stereocenters. The van der Waals surface area contributed by atoms with Crippen molar-refractivity contribution in [3.63, 3.8) is 0 Å². The number of nitro groups is 1. The fraction of sp³-hybridized carbons (Fsp3) is 0.286. The highest BCUT2D eigenvalue weighted by atomic mass is 32.2. The van der Waals surface area contributed by atoms with Crippen molar-refractivity contribution in [3.8, 4) is 12.3 Å². The molecule has 1 amide bonds. The monoisotopic (exact) mass is 445 g/mol. The number of aliphatic hydroxyl groups excluding tert-OH is 1. The van der Waals surface area contributed by atoms with E-state index in [1.54, 1.807) is 0 Å². The normalized spacial score (nSPS) is 13.0. The van der Waals surface area contributed by atoms with Crippen LogP contribution in [0.5, 0.6) is 0 Å². The Kier molecular flexibility index (Phi) is 8.69. The van der Waals surface area contributed by atoms with Crippen molar-refractivity contribution >= 4 is 21.6 Å². The van der Waals surface area contributed by atoms with Gasteiger partial charge in [-0.1, -0.05) is 36.3 Å². The van der Waals surface area contributed by atoms with Gasteiger partial charge >= 0.3 is 0 Å². The summed E-state index contributed by atoms with van der Waals surface area (Å²) in [4.78, 5) is 22.3. The van der Waals surface area contributed by atoms with Gasteiger partial charge in [0.2, 0.25) is 15.9 Å². The summed E-state index contributed by atoms with van der Waals surface area (Å²) < 4.78 is 27.0. The Labute approximate surface area is 180 Å². The second-order valence-electron chi connectivity index (χ2n) is 6.80. The highest BCUT2D eigenvalue weighted by Gasteiger charge is 2.24. The molecule has 0 spiro atoms. The molecule has 0 radical (unpaired) electrons. The molecule has 0 heterocycles. The second-order valence-corrected chi connectivity index (χ2v) is 8.57. The van der Waals surface area contributed by atoms with E-state index in [2.05, 4.69) is 16.0 Å². The molecular weight excluding hydrogens is 422 g/mol. The van der Waals surface area contributed by atoms with Crippen molar-refractivity contribution in [2.75, 3.05) is 13.1 Å². The zero-order valence-electron chi connectivity index (χ0n) is 16.6. The highest BCUT2D eigenvalue weighted by molar-refractivity contribution is 7.89. The van der Waals surface area contributed by atoms with E-state index >= 15 is 0 Å². The minimum absolute atomic E-state index is 0.00802. The molecule has 0 aliphatic heterocycles. The zero-order chi connectivity index (χ0) is 22.9. The van der Waals surface area contributed by atoms with E-state index in [-0.39, 0.29) is 36.0 Å². The van der Waals surface area contributed by atoms with Crippen LogP contribution in [0.4, 0.5) is 5.69 Å². The number of nitro benzene ring substituents is 1. The van der Waals surface area contributed by atoms with E-state index in [0.29, 0.717) is 6.42 Å². The van der Waals surface area contributed by atoms with Gasteiger partial charge in [-0.25, -0.2) is 13.1 Å². The number of non-ortho nitro benzene ring substituents is 1. The number of nitrogens with one attached hydrogen (secondary N) is 2. The number of hydrogen-bond acceptors (Lipinski definition) is 6. The maximum Gasteiger partial charge on any atom is 0.269 e. The predicted molar refractivity (Wildman–Crippen MR) is 114 cm³/mol. The van der Waals surface area contributed by atoms with E-state index in [9.17, 15) is 28.4 Å². The first-order valence-corrected chi connectivity index (χ1v) is 10.9. The van der Waals surface area contributed by atoms with E-state index in [1.165, 1.54) is 0 Å². The number of nitrogens with zero attached hydrogens (tertiary/aromatic N) is 1. The van der Waals surface area contributed by atoms with E-state index in [0.717, 1.165) is 29.8 Å². The van der Waals surface area contributed by atoms with Crippen molar-refractivity contribution in [1.82, 2.24) is 10.0 Å². The molecule has 0 unspecified atom stereocenters. The van der Waals surface area contributed by atoms with Crippen molar-refractivity contribution in [1.29, 1.82) is 0 Å². The smallest absolute Gasteiger partial charge is 0.269 e. The summed E-state index contributed by atoms with van der Waals surface area (Å²) in [6.45, 7) is -0.278. The summed E-state index contributed by atoms with van der Waals surface area (Å²) in [6, 6.07) is 13.6. The molecule has 0 aromatic heterocycles. The molecule has 9 nitrogen and oxygen atoms in total. The van der Waals surface area contributed by atoms with Gasteiger partial charge in [0.25, 0.3) is 5.69 Å². The maximum absolute atomic E-state index is 12.4. The van der Waals surface area contributed by atoms with Gasteiger partial charge in [0.15, 0.2) is 0 Å². The van der Waals surface area contributed by atoms with Crippen LogP contribution in [0.15, 0.2) is 59.5 Å². The number of sulfonamides is 1. The van der Waals surface area contributed by atoms with Gasteiger partial charge in [-0.3, -0.25) is 14.9 Å². The van der Waals surface area contributed by atoms with Gasteiger partial charge in [0, 0.05) is 24.6 Å². The number of carbonyl (C=O) groups is 1. The fourth-order valence-electron chi connectivity index (χ4n) is 2.91. The standard InChI is InChI=1S/C21H23N3O6S/c1-2-12-22-21(26)17(13-16-6-4-3-5-7-16)14-19(25)15-23-31(29,30)20-10-8-18(9-11-20)24(27)28/h1,3-11,17,19,23,25H,12-15H2,(H,22,26)/t17-,19-/m0/s1. The third-order valence-corrected chi connectivity index (χ3v) is 5.92. The molecular formula is C21H23N3O6S. The van der Waals surface area contributed by atoms with Crippen LogP contribution in [0.2, 0.25) is 0 Å². The van der Waals surface area contributed by atoms with Crippen LogP contribution in [0, 0.1) is 28.4 Å². The number of rotatable bonds is 11. The third kappa shape index (κ3) is 7.49. The summed E-state index contributed by atoms with van der Waals surface area (Å²) >= 11 is 0. The van der Waals surface area contributed by atoms with Crippen LogP contribution in [-0.4, -0.2) is 43.5 Å². The van der Waals surface area contributed by atoms with E-state index < -0.39 is 27.0 Å². The van der Waals surface area contributed by atoms with Crippen LogP contribution in [0.3, 0.4) is 0 Å². The first kappa shape index (κ1) is 24.0. The quantitative estimate of drug-likeness (QED) is 0.270. The number of benzene rings is 2. The van der Waals surface area contributed by atoms with Crippen LogP contribution < -0.4 is 10.0 Å². The number of hydrogen-bond donors (Lipinski definition) is 3. The molecule has 0 fully saturated rings. The topological polar surface area (TPSA) is 139 Å². The minimum Gasteiger partial charge on any atom is -0.392 e. The van der Waals surface area contributed by atoms with Crippen LogP contribution in [0.25, 0.3) is 0 Å². The Hall–Kier alpha value is -3.26. The molecule has 3 N–H and O–H groups in total. The molecule has 2 rings (SSSR count). The average molecular weight is 445 g/mol. The van der Waals surface area contributed by atoms with E-state index in [4.69, 9.17) is 6.42 Å².